The van der Waals surface area contributed by atoms with E-state index in [4.69, 9.17) is 9.47 Å². The molecule has 2 aliphatic heterocycles. The molecule has 34 heavy (non-hydrogen) atoms. The van der Waals surface area contributed by atoms with Gasteiger partial charge < -0.3 is 19.4 Å². The van der Waals surface area contributed by atoms with Gasteiger partial charge in [-0.25, -0.2) is 4.68 Å². The molecule has 0 spiro atoms. The van der Waals surface area contributed by atoms with Crippen LogP contribution in [0.3, 0.4) is 0 Å². The molecule has 4 aromatic rings. The lowest BCUT2D eigenvalue weighted by atomic mass is 10.0. The number of ether oxygens (including phenoxy) is 2. The molecular formula is C24H25N7O3. The van der Waals surface area contributed by atoms with Crippen molar-refractivity contribution in [3.8, 4) is 11.5 Å². The van der Waals surface area contributed by atoms with Crippen LogP contribution < -0.4 is 15.0 Å². The molecule has 0 amide bonds. The zero-order valence-electron chi connectivity index (χ0n) is 18.8. The van der Waals surface area contributed by atoms with E-state index in [2.05, 4.69) is 37.4 Å². The molecule has 2 aromatic heterocycles. The molecule has 0 saturated carbocycles. The van der Waals surface area contributed by atoms with E-state index >= 15 is 0 Å². The first-order chi connectivity index (χ1) is 16.7. The third kappa shape index (κ3) is 3.80. The average Bonchev–Trinajstić information content (AvgIpc) is 3.49. The van der Waals surface area contributed by atoms with Crippen LogP contribution >= 0.6 is 0 Å². The van der Waals surface area contributed by atoms with Gasteiger partial charge in [0.25, 0.3) is 5.56 Å². The van der Waals surface area contributed by atoms with Crippen molar-refractivity contribution < 1.29 is 9.47 Å². The fourth-order valence-electron chi connectivity index (χ4n) is 4.67. The van der Waals surface area contributed by atoms with Crippen molar-refractivity contribution in [2.75, 3.05) is 40.0 Å². The van der Waals surface area contributed by atoms with Crippen molar-refractivity contribution in [3.05, 3.63) is 75.8 Å². The molecule has 10 nitrogen and oxygen atoms in total. The molecule has 6 rings (SSSR count). The van der Waals surface area contributed by atoms with Gasteiger partial charge in [-0.1, -0.05) is 30.3 Å². The number of likely N-dealkylation sites (N-methyl/N-ethyl adjacent to an activating group) is 1. The summed E-state index contributed by atoms with van der Waals surface area (Å²) in [5, 5.41) is 13.6. The molecule has 1 atom stereocenters. The highest BCUT2D eigenvalue weighted by molar-refractivity contribution is 5.83. The van der Waals surface area contributed by atoms with Gasteiger partial charge in [-0.3, -0.25) is 9.69 Å². The standard InChI is InChI=1S/C24H25N7O3/c1-29-7-9-30(10-8-29)22(23-26-27-28-31(23)14-16-5-3-2-4-6-16)18-11-17-12-20-21(34-15-33-20)13-19(17)25-24(18)32/h2-6,11-13,22H,7-10,14-15H2,1H3,(H,25,32). The van der Waals surface area contributed by atoms with Gasteiger partial charge in [0.1, 0.15) is 6.04 Å². The lowest BCUT2D eigenvalue weighted by molar-refractivity contribution is 0.121. The first-order valence-corrected chi connectivity index (χ1v) is 11.3. The zero-order valence-corrected chi connectivity index (χ0v) is 18.8. The molecule has 0 aliphatic carbocycles. The Hall–Kier alpha value is -3.76. The predicted molar refractivity (Wildman–Crippen MR) is 125 cm³/mol. The summed E-state index contributed by atoms with van der Waals surface area (Å²) >= 11 is 0. The second-order valence-corrected chi connectivity index (χ2v) is 8.77. The van der Waals surface area contributed by atoms with E-state index in [1.165, 1.54) is 0 Å². The first kappa shape index (κ1) is 20.8. The summed E-state index contributed by atoms with van der Waals surface area (Å²) in [6, 6.07) is 15.3. The maximum Gasteiger partial charge on any atom is 0.253 e. The summed E-state index contributed by atoms with van der Waals surface area (Å²) < 4.78 is 12.8. The quantitative estimate of drug-likeness (QED) is 0.481. The van der Waals surface area contributed by atoms with Crippen molar-refractivity contribution in [2.24, 2.45) is 0 Å². The van der Waals surface area contributed by atoms with E-state index in [-0.39, 0.29) is 18.4 Å². The minimum atomic E-state index is -0.383. The van der Waals surface area contributed by atoms with E-state index in [9.17, 15) is 4.79 Å². The van der Waals surface area contributed by atoms with Crippen LogP contribution in [0.1, 0.15) is 23.0 Å². The summed E-state index contributed by atoms with van der Waals surface area (Å²) in [5.74, 6) is 1.97. The molecule has 0 bridgehead atoms. The van der Waals surface area contributed by atoms with Crippen LogP contribution in [0.15, 0.2) is 53.3 Å². The Balaban J connectivity index is 1.46. The lowest BCUT2D eigenvalue weighted by Crippen LogP contribution is -2.47. The van der Waals surface area contributed by atoms with Crippen LogP contribution in [0, 0.1) is 0 Å². The molecule has 2 aliphatic rings. The number of nitrogens with zero attached hydrogens (tertiary/aromatic N) is 6. The smallest absolute Gasteiger partial charge is 0.253 e. The molecule has 10 heteroatoms. The fraction of sp³-hybridized carbons (Fsp3) is 0.333. The van der Waals surface area contributed by atoms with Crippen LogP contribution in [0.2, 0.25) is 0 Å². The third-order valence-electron chi connectivity index (χ3n) is 6.54. The molecule has 0 radical (unpaired) electrons. The summed E-state index contributed by atoms with van der Waals surface area (Å²) in [5.41, 5.74) is 2.25. The summed E-state index contributed by atoms with van der Waals surface area (Å²) in [4.78, 5) is 21.0. The molecule has 174 valence electrons. The number of H-pyrrole nitrogens is 1. The number of hydrogen-bond acceptors (Lipinski definition) is 8. The minimum Gasteiger partial charge on any atom is -0.454 e. The Labute approximate surface area is 195 Å². The highest BCUT2D eigenvalue weighted by atomic mass is 16.7. The molecule has 1 fully saturated rings. The molecule has 4 heterocycles. The number of fused-ring (bicyclic) bond motifs is 2. The molecule has 1 saturated heterocycles. The zero-order chi connectivity index (χ0) is 23.1. The number of pyridine rings is 1. The van der Waals surface area contributed by atoms with Crippen LogP contribution in [0.4, 0.5) is 0 Å². The number of nitrogens with one attached hydrogen (secondary N) is 1. The van der Waals surface area contributed by atoms with Crippen molar-refractivity contribution in [3.63, 3.8) is 0 Å². The topological polar surface area (TPSA) is 101 Å². The molecule has 1 unspecified atom stereocenters. The normalized spacial score (nSPS) is 17.3. The number of rotatable bonds is 5. The van der Waals surface area contributed by atoms with Gasteiger partial charge >= 0.3 is 0 Å². The summed E-state index contributed by atoms with van der Waals surface area (Å²) in [6.07, 6.45) is 0. The van der Waals surface area contributed by atoms with E-state index in [0.29, 0.717) is 34.9 Å². The third-order valence-corrected chi connectivity index (χ3v) is 6.54. The number of benzene rings is 2. The van der Waals surface area contributed by atoms with Crippen LogP contribution in [-0.4, -0.2) is 75.0 Å². The Morgan fingerprint density at radius 1 is 1.03 bits per heavy atom. The Morgan fingerprint density at radius 2 is 1.79 bits per heavy atom. The van der Waals surface area contributed by atoms with E-state index in [1.807, 2.05) is 48.5 Å². The molecular weight excluding hydrogens is 434 g/mol. The maximum absolute atomic E-state index is 13.4. The number of tetrazole rings is 1. The largest absolute Gasteiger partial charge is 0.454 e. The Morgan fingerprint density at radius 3 is 2.59 bits per heavy atom. The minimum absolute atomic E-state index is 0.162. The number of aromatic nitrogens is 5. The van der Waals surface area contributed by atoms with Gasteiger partial charge in [-0.2, -0.15) is 0 Å². The van der Waals surface area contributed by atoms with Crippen molar-refractivity contribution >= 4 is 10.9 Å². The number of aromatic amines is 1. The van der Waals surface area contributed by atoms with E-state index < -0.39 is 0 Å². The Bertz CT molecular complexity index is 1380. The lowest BCUT2D eigenvalue weighted by Gasteiger charge is -2.37. The fourth-order valence-corrected chi connectivity index (χ4v) is 4.67. The summed E-state index contributed by atoms with van der Waals surface area (Å²) in [6.45, 7) is 4.12. The monoisotopic (exact) mass is 459 g/mol. The predicted octanol–water partition coefficient (Wildman–Crippen LogP) is 1.63. The van der Waals surface area contributed by atoms with Gasteiger partial charge in [0, 0.05) is 43.2 Å². The van der Waals surface area contributed by atoms with Crippen molar-refractivity contribution in [1.82, 2.24) is 35.0 Å². The van der Waals surface area contributed by atoms with Gasteiger partial charge in [0.2, 0.25) is 6.79 Å². The summed E-state index contributed by atoms with van der Waals surface area (Å²) in [7, 11) is 2.11. The van der Waals surface area contributed by atoms with Crippen LogP contribution in [0.5, 0.6) is 11.5 Å². The second-order valence-electron chi connectivity index (χ2n) is 8.77. The van der Waals surface area contributed by atoms with Crippen LogP contribution in [-0.2, 0) is 6.54 Å². The van der Waals surface area contributed by atoms with Gasteiger partial charge in [0.15, 0.2) is 17.3 Å². The van der Waals surface area contributed by atoms with E-state index in [1.54, 1.807) is 4.68 Å². The van der Waals surface area contributed by atoms with Gasteiger partial charge in [-0.05, 0) is 35.2 Å². The highest BCUT2D eigenvalue weighted by Crippen LogP contribution is 2.36. The molecule has 1 N–H and O–H groups in total. The SMILES string of the molecule is CN1CCN(C(c2cc3cc4c(cc3[nH]c2=O)OCO4)c2nnnn2Cc2ccccc2)CC1. The highest BCUT2D eigenvalue weighted by Gasteiger charge is 2.32. The average molecular weight is 460 g/mol. The Kier molecular flexibility index (Phi) is 5.23. The van der Waals surface area contributed by atoms with Gasteiger partial charge in [-0.15, -0.1) is 5.10 Å². The second kappa shape index (κ2) is 8.54. The van der Waals surface area contributed by atoms with Crippen molar-refractivity contribution in [2.45, 2.75) is 12.6 Å². The first-order valence-electron chi connectivity index (χ1n) is 11.3. The van der Waals surface area contributed by atoms with E-state index in [0.717, 1.165) is 37.1 Å². The van der Waals surface area contributed by atoms with Crippen LogP contribution in [0.25, 0.3) is 10.9 Å². The number of hydrogen-bond donors (Lipinski definition) is 1. The maximum atomic E-state index is 13.4. The van der Waals surface area contributed by atoms with Crippen molar-refractivity contribution in [1.29, 1.82) is 0 Å². The molecule has 2 aromatic carbocycles. The van der Waals surface area contributed by atoms with Gasteiger partial charge in [0.05, 0.1) is 12.1 Å². The number of piperazine rings is 1.